The molecule has 0 aliphatic rings. The largest absolute Gasteiger partial charge is 0.346 e. The molecule has 0 radical (unpaired) electrons. The van der Waals surface area contributed by atoms with E-state index in [4.69, 9.17) is 0 Å². The van der Waals surface area contributed by atoms with Gasteiger partial charge in [0.2, 0.25) is 5.91 Å². The molecule has 1 amide bonds. The van der Waals surface area contributed by atoms with Gasteiger partial charge in [0.25, 0.3) is 0 Å². The second-order valence-corrected chi connectivity index (χ2v) is 4.31. The van der Waals surface area contributed by atoms with Gasteiger partial charge in [-0.05, 0) is 24.7 Å². The van der Waals surface area contributed by atoms with E-state index < -0.39 is 0 Å². The first-order valence-corrected chi connectivity index (χ1v) is 6.02. The second-order valence-electron chi connectivity index (χ2n) is 4.31. The molecule has 2 rings (SSSR count). The molecule has 0 aliphatic heterocycles. The van der Waals surface area contributed by atoms with Gasteiger partial charge in [0, 0.05) is 37.9 Å². The lowest BCUT2D eigenvalue weighted by Crippen LogP contribution is -2.33. The summed E-state index contributed by atoms with van der Waals surface area (Å²) in [6.07, 6.45) is 4.01. The van der Waals surface area contributed by atoms with Crippen LogP contribution in [0.5, 0.6) is 0 Å². The van der Waals surface area contributed by atoms with Gasteiger partial charge in [-0.1, -0.05) is 0 Å². The van der Waals surface area contributed by atoms with Crippen LogP contribution in [0.1, 0.15) is 5.56 Å². The molecule has 0 aliphatic carbocycles. The topological polar surface area (TPSA) is 61.0 Å². The van der Waals surface area contributed by atoms with Crippen LogP contribution in [0.25, 0.3) is 11.0 Å². The number of amides is 1. The Morgan fingerprint density at radius 2 is 2.39 bits per heavy atom. The average molecular weight is 246 g/mol. The Morgan fingerprint density at radius 3 is 3.17 bits per heavy atom. The zero-order valence-corrected chi connectivity index (χ0v) is 10.7. The van der Waals surface area contributed by atoms with Crippen molar-refractivity contribution in [1.82, 2.24) is 20.2 Å². The minimum absolute atomic E-state index is 0.120. The van der Waals surface area contributed by atoms with Crippen molar-refractivity contribution in [3.8, 4) is 0 Å². The van der Waals surface area contributed by atoms with Crippen molar-refractivity contribution in [2.75, 3.05) is 27.2 Å². The van der Waals surface area contributed by atoms with Crippen molar-refractivity contribution in [3.05, 3.63) is 30.1 Å². The minimum atomic E-state index is 0.120. The van der Waals surface area contributed by atoms with E-state index in [0.717, 1.165) is 29.7 Å². The number of hydrogen-bond acceptors (Lipinski definition) is 3. The van der Waals surface area contributed by atoms with Crippen molar-refractivity contribution < 1.29 is 4.79 Å². The number of aromatic amines is 1. The predicted molar refractivity (Wildman–Crippen MR) is 71.4 cm³/mol. The molecule has 2 N–H and O–H groups in total. The predicted octanol–water partition coefficient (Wildman–Crippen LogP) is 0.783. The van der Waals surface area contributed by atoms with Crippen molar-refractivity contribution in [2.24, 2.45) is 0 Å². The maximum Gasteiger partial charge on any atom is 0.226 e. The van der Waals surface area contributed by atoms with Gasteiger partial charge >= 0.3 is 0 Å². The van der Waals surface area contributed by atoms with Gasteiger partial charge in [0.15, 0.2) is 0 Å². The first kappa shape index (κ1) is 12.6. The summed E-state index contributed by atoms with van der Waals surface area (Å²) in [6, 6.07) is 3.86. The number of likely N-dealkylation sites (N-methyl/N-ethyl adjacent to an activating group) is 2. The molecule has 0 unspecified atom stereocenters. The van der Waals surface area contributed by atoms with Crippen molar-refractivity contribution in [2.45, 2.75) is 6.42 Å². The van der Waals surface area contributed by atoms with Gasteiger partial charge in [-0.25, -0.2) is 4.98 Å². The quantitative estimate of drug-likeness (QED) is 0.819. The molecule has 0 spiro atoms. The highest BCUT2D eigenvalue weighted by atomic mass is 16.2. The molecular formula is C13H18N4O. The molecule has 2 aromatic rings. The van der Waals surface area contributed by atoms with Crippen LogP contribution < -0.4 is 5.32 Å². The van der Waals surface area contributed by atoms with Crippen LogP contribution in [0, 0.1) is 0 Å². The first-order chi connectivity index (χ1) is 8.72. The van der Waals surface area contributed by atoms with Crippen molar-refractivity contribution in [1.29, 1.82) is 0 Å². The van der Waals surface area contributed by atoms with E-state index in [1.807, 2.05) is 32.4 Å². The molecule has 0 aromatic carbocycles. The van der Waals surface area contributed by atoms with E-state index in [-0.39, 0.29) is 5.91 Å². The summed E-state index contributed by atoms with van der Waals surface area (Å²) in [6.45, 7) is 1.52. The molecule has 5 heteroatoms. The number of carbonyl (C=O) groups is 1. The molecule has 0 bridgehead atoms. The van der Waals surface area contributed by atoms with Gasteiger partial charge in [0.05, 0.1) is 6.42 Å². The fraction of sp³-hybridized carbons (Fsp3) is 0.385. The van der Waals surface area contributed by atoms with E-state index >= 15 is 0 Å². The van der Waals surface area contributed by atoms with Crippen LogP contribution in [-0.4, -0.2) is 48.0 Å². The van der Waals surface area contributed by atoms with Gasteiger partial charge < -0.3 is 15.2 Å². The number of pyridine rings is 1. The van der Waals surface area contributed by atoms with E-state index in [1.165, 1.54) is 0 Å². The summed E-state index contributed by atoms with van der Waals surface area (Å²) in [5, 5.41) is 4.05. The zero-order chi connectivity index (χ0) is 13.0. The smallest absolute Gasteiger partial charge is 0.226 e. The number of H-pyrrole nitrogens is 1. The fourth-order valence-electron chi connectivity index (χ4n) is 1.86. The van der Waals surface area contributed by atoms with E-state index in [1.54, 1.807) is 11.1 Å². The highest BCUT2D eigenvalue weighted by Crippen LogP contribution is 2.16. The first-order valence-electron chi connectivity index (χ1n) is 6.02. The Labute approximate surface area is 106 Å². The number of nitrogens with zero attached hydrogens (tertiary/aromatic N) is 2. The number of nitrogens with one attached hydrogen (secondary N) is 2. The Morgan fingerprint density at radius 1 is 1.56 bits per heavy atom. The summed E-state index contributed by atoms with van der Waals surface area (Å²) in [5.41, 5.74) is 1.83. The Kier molecular flexibility index (Phi) is 3.94. The number of aromatic nitrogens is 2. The third-order valence-corrected chi connectivity index (χ3v) is 3.00. The van der Waals surface area contributed by atoms with Crippen LogP contribution >= 0.6 is 0 Å². The van der Waals surface area contributed by atoms with Crippen LogP contribution in [0.4, 0.5) is 0 Å². The van der Waals surface area contributed by atoms with E-state index in [2.05, 4.69) is 15.3 Å². The normalized spacial score (nSPS) is 10.8. The Bertz CT molecular complexity index is 535. The minimum Gasteiger partial charge on any atom is -0.346 e. The molecule has 0 fully saturated rings. The second kappa shape index (κ2) is 5.64. The Hall–Kier alpha value is -1.88. The standard InChI is InChI=1S/C13H18N4O/c1-14-6-7-17(2)12(18)8-10-9-16-13-11(10)4-3-5-15-13/h3-5,9,14H,6-8H2,1-2H3,(H,15,16). The van der Waals surface area contributed by atoms with Crippen LogP contribution in [-0.2, 0) is 11.2 Å². The monoisotopic (exact) mass is 246 g/mol. The molecule has 2 aromatic heterocycles. The lowest BCUT2D eigenvalue weighted by atomic mass is 10.1. The molecule has 5 nitrogen and oxygen atoms in total. The zero-order valence-electron chi connectivity index (χ0n) is 10.7. The molecule has 0 saturated carbocycles. The van der Waals surface area contributed by atoms with E-state index in [0.29, 0.717) is 6.42 Å². The third kappa shape index (κ3) is 2.68. The Balaban J connectivity index is 2.07. The summed E-state index contributed by atoms with van der Waals surface area (Å²) in [7, 11) is 3.70. The van der Waals surface area contributed by atoms with Gasteiger partial charge in [0.1, 0.15) is 5.65 Å². The van der Waals surface area contributed by atoms with Crippen LogP contribution in [0.15, 0.2) is 24.5 Å². The number of rotatable bonds is 5. The fourth-order valence-corrected chi connectivity index (χ4v) is 1.86. The summed E-state index contributed by atoms with van der Waals surface area (Å²) in [5.74, 6) is 0.120. The van der Waals surface area contributed by atoms with Crippen molar-refractivity contribution in [3.63, 3.8) is 0 Å². The van der Waals surface area contributed by atoms with Gasteiger partial charge in [-0.15, -0.1) is 0 Å². The average Bonchev–Trinajstić information content (AvgIpc) is 2.79. The SMILES string of the molecule is CNCCN(C)C(=O)Cc1c[nH]c2ncccc12. The number of hydrogen-bond donors (Lipinski definition) is 2. The lowest BCUT2D eigenvalue weighted by Gasteiger charge is -2.16. The lowest BCUT2D eigenvalue weighted by molar-refractivity contribution is -0.129. The van der Waals surface area contributed by atoms with Crippen LogP contribution in [0.3, 0.4) is 0 Å². The van der Waals surface area contributed by atoms with Gasteiger partial charge in [-0.3, -0.25) is 4.79 Å². The maximum absolute atomic E-state index is 12.0. The third-order valence-electron chi connectivity index (χ3n) is 3.00. The van der Waals surface area contributed by atoms with Gasteiger partial charge in [-0.2, -0.15) is 0 Å². The maximum atomic E-state index is 12.0. The van der Waals surface area contributed by atoms with Crippen LogP contribution in [0.2, 0.25) is 0 Å². The highest BCUT2D eigenvalue weighted by molar-refractivity contribution is 5.86. The van der Waals surface area contributed by atoms with E-state index in [9.17, 15) is 4.79 Å². The summed E-state index contributed by atoms with van der Waals surface area (Å²) in [4.78, 5) is 21.1. The number of carbonyl (C=O) groups excluding carboxylic acids is 1. The molecule has 2 heterocycles. The molecule has 96 valence electrons. The highest BCUT2D eigenvalue weighted by Gasteiger charge is 2.12. The van der Waals surface area contributed by atoms with Crippen molar-refractivity contribution >= 4 is 16.9 Å². The number of fused-ring (bicyclic) bond motifs is 1. The molecule has 0 atom stereocenters. The summed E-state index contributed by atoms with van der Waals surface area (Å²) >= 11 is 0. The summed E-state index contributed by atoms with van der Waals surface area (Å²) < 4.78 is 0. The molecule has 18 heavy (non-hydrogen) atoms. The molecular weight excluding hydrogens is 228 g/mol. The molecule has 0 saturated heterocycles.